The van der Waals surface area contributed by atoms with Gasteiger partial charge in [-0.05, 0) is 30.7 Å². The zero-order valence-corrected chi connectivity index (χ0v) is 26.3. The highest BCUT2D eigenvalue weighted by molar-refractivity contribution is 5.97. The van der Waals surface area contributed by atoms with E-state index in [1.807, 2.05) is 23.1 Å². The maximum absolute atomic E-state index is 14.8. The van der Waals surface area contributed by atoms with Crippen molar-refractivity contribution in [3.63, 3.8) is 0 Å². The normalized spacial score (nSPS) is 18.0. The number of methoxy groups -OCH3 is 1. The Morgan fingerprint density at radius 2 is 1.94 bits per heavy atom. The molecule has 1 amide bonds. The molecule has 2 aromatic carbocycles. The van der Waals surface area contributed by atoms with Gasteiger partial charge in [-0.1, -0.05) is 12.1 Å². The van der Waals surface area contributed by atoms with Crippen LogP contribution in [-0.4, -0.2) is 95.4 Å². The minimum Gasteiger partial charge on any atom is -0.463 e. The Hall–Kier alpha value is -6.06. The van der Waals surface area contributed by atoms with Crippen molar-refractivity contribution in [2.75, 3.05) is 32.1 Å². The zero-order valence-electron chi connectivity index (χ0n) is 26.3. The van der Waals surface area contributed by atoms with Crippen LogP contribution in [0, 0.1) is 11.6 Å². The smallest absolute Gasteiger partial charge is 0.374 e. The van der Waals surface area contributed by atoms with E-state index in [1.165, 1.54) is 30.4 Å². The first kappa shape index (κ1) is 30.3. The van der Waals surface area contributed by atoms with Crippen LogP contribution in [0.3, 0.4) is 0 Å². The van der Waals surface area contributed by atoms with Gasteiger partial charge < -0.3 is 23.8 Å². The van der Waals surface area contributed by atoms with Crippen LogP contribution in [0.15, 0.2) is 61.2 Å². The number of carbonyl (C=O) groups excluding carboxylic acids is 2. The molecule has 6 heterocycles. The number of halogens is 2. The van der Waals surface area contributed by atoms with Crippen molar-refractivity contribution in [3.8, 4) is 23.0 Å². The number of likely N-dealkylation sites (N-methyl/N-ethyl adjacent to an activating group) is 1. The van der Waals surface area contributed by atoms with Crippen molar-refractivity contribution in [2.45, 2.75) is 31.5 Å². The number of ether oxygens (including phenoxy) is 2. The third-order valence-electron chi connectivity index (χ3n) is 8.87. The molecule has 0 spiro atoms. The molecular weight excluding hydrogens is 638 g/mol. The third-order valence-corrected chi connectivity index (χ3v) is 8.87. The number of esters is 1. The molecule has 1 saturated heterocycles. The first-order valence-corrected chi connectivity index (χ1v) is 15.5. The first-order chi connectivity index (χ1) is 23.8. The van der Waals surface area contributed by atoms with Gasteiger partial charge in [0.1, 0.15) is 35.8 Å². The van der Waals surface area contributed by atoms with Gasteiger partial charge in [-0.25, -0.2) is 38.2 Å². The summed E-state index contributed by atoms with van der Waals surface area (Å²) in [5.41, 5.74) is 2.91. The fourth-order valence-corrected chi connectivity index (χ4v) is 6.63. The van der Waals surface area contributed by atoms with Gasteiger partial charge in [0.25, 0.3) is 0 Å². The predicted molar refractivity (Wildman–Crippen MR) is 171 cm³/mol. The highest BCUT2D eigenvalue weighted by Gasteiger charge is 2.41. The molecule has 2 atom stereocenters. The van der Waals surface area contributed by atoms with Gasteiger partial charge in [-0.15, -0.1) is 0 Å². The Morgan fingerprint density at radius 1 is 1.06 bits per heavy atom. The Kier molecular flexibility index (Phi) is 7.34. The van der Waals surface area contributed by atoms with Crippen LogP contribution in [0.2, 0.25) is 0 Å². The maximum Gasteiger partial charge on any atom is 0.374 e. The second-order valence-electron chi connectivity index (χ2n) is 11.8. The third kappa shape index (κ3) is 5.15. The number of imidazole rings is 1. The van der Waals surface area contributed by atoms with E-state index in [4.69, 9.17) is 14.5 Å². The second kappa shape index (κ2) is 11.9. The van der Waals surface area contributed by atoms with Crippen molar-refractivity contribution in [1.29, 1.82) is 0 Å². The molecule has 2 aliphatic rings. The summed E-state index contributed by atoms with van der Waals surface area (Å²) in [5, 5.41) is 4.81. The molecule has 16 heteroatoms. The Balaban J connectivity index is 1.20. The summed E-state index contributed by atoms with van der Waals surface area (Å²) in [6, 6.07) is 9.93. The molecule has 4 bridgehead atoms. The number of carbonyl (C=O) groups is 2. The van der Waals surface area contributed by atoms with Crippen LogP contribution in [0.25, 0.3) is 39.0 Å². The Bertz CT molecular complexity index is 2270. The number of para-hydroxylation sites is 1. The fraction of sp³-hybridized carbons (Fsp3) is 0.273. The average molecular weight is 667 g/mol. The highest BCUT2D eigenvalue weighted by Crippen LogP contribution is 2.34. The minimum absolute atomic E-state index is 0.0154. The lowest BCUT2D eigenvalue weighted by Gasteiger charge is -2.28. The van der Waals surface area contributed by atoms with Crippen LogP contribution in [-0.2, 0) is 16.1 Å². The molecule has 0 aliphatic carbocycles. The second-order valence-corrected chi connectivity index (χ2v) is 11.8. The number of anilines is 1. The van der Waals surface area contributed by atoms with Crippen LogP contribution in [0.1, 0.15) is 23.5 Å². The van der Waals surface area contributed by atoms with Crippen LogP contribution in [0.5, 0.6) is 6.01 Å². The lowest BCUT2D eigenvalue weighted by molar-refractivity contribution is -0.131. The molecule has 8 rings (SSSR count). The van der Waals surface area contributed by atoms with Crippen molar-refractivity contribution in [3.05, 3.63) is 78.6 Å². The molecule has 0 N–H and O–H groups in total. The summed E-state index contributed by atoms with van der Waals surface area (Å²) in [6.45, 7) is 0.989. The largest absolute Gasteiger partial charge is 0.463 e. The van der Waals surface area contributed by atoms with Gasteiger partial charge in [0.15, 0.2) is 11.5 Å². The summed E-state index contributed by atoms with van der Waals surface area (Å²) in [4.78, 5) is 53.0. The predicted octanol–water partition coefficient (Wildman–Crippen LogP) is 3.58. The molecule has 0 saturated carbocycles. The SMILES string of the molecule is COC(=O)c1nc2cccc3c2n1CCCN(C)C(=O)[C@@H]1C[C@@H](CN1c1ncnc2c1cnn2-c1ccc(F)cc1F)Oc1nccc-3n1. The number of rotatable bonds is 3. The molecule has 0 radical (unpaired) electrons. The standard InChI is InChI=1S/C33H28F2N10O4/c1-42-11-4-12-43-27-20(5-3-6-24(27)40-30(43)32(47)48-2)23-9-10-36-33(41-23)49-19-14-26(31(42)46)44(16-19)28-21-15-39-45(29(21)38-17-37-28)25-8-7-18(34)13-22(25)35/h3,5-10,13,15,17,19,26H,4,11-12,14,16H2,1-2H3/t19-,26-/m0/s1. The number of hydrogen-bond donors (Lipinski definition) is 0. The summed E-state index contributed by atoms with van der Waals surface area (Å²) in [5.74, 6) is -1.72. The van der Waals surface area contributed by atoms with E-state index in [0.717, 1.165) is 17.7 Å². The lowest BCUT2D eigenvalue weighted by Crippen LogP contribution is -2.45. The minimum atomic E-state index is -0.803. The van der Waals surface area contributed by atoms with Crippen LogP contribution in [0.4, 0.5) is 14.6 Å². The quantitative estimate of drug-likeness (QED) is 0.256. The van der Waals surface area contributed by atoms with Crippen LogP contribution >= 0.6 is 0 Å². The van der Waals surface area contributed by atoms with E-state index in [-0.39, 0.29) is 35.6 Å². The van der Waals surface area contributed by atoms with E-state index in [2.05, 4.69) is 25.0 Å². The van der Waals surface area contributed by atoms with Gasteiger partial charge in [-0.3, -0.25) is 4.79 Å². The van der Waals surface area contributed by atoms with Crippen molar-refractivity contribution >= 4 is 39.8 Å². The number of amides is 1. The monoisotopic (exact) mass is 666 g/mol. The number of hydrogen-bond acceptors (Lipinski definition) is 11. The van der Waals surface area contributed by atoms with E-state index >= 15 is 0 Å². The van der Waals surface area contributed by atoms with Crippen molar-refractivity contribution in [1.82, 2.24) is 44.2 Å². The first-order valence-electron chi connectivity index (χ1n) is 15.5. The van der Waals surface area contributed by atoms with Crippen molar-refractivity contribution in [2.24, 2.45) is 0 Å². The van der Waals surface area contributed by atoms with E-state index < -0.39 is 29.7 Å². The molecule has 1 fully saturated rings. The van der Waals surface area contributed by atoms with Gasteiger partial charge in [0.05, 0.1) is 42.0 Å². The summed E-state index contributed by atoms with van der Waals surface area (Å²) in [7, 11) is 3.03. The van der Waals surface area contributed by atoms with Crippen molar-refractivity contribution < 1.29 is 27.8 Å². The Morgan fingerprint density at radius 3 is 2.78 bits per heavy atom. The molecule has 2 aliphatic heterocycles. The molecule has 6 aromatic rings. The summed E-state index contributed by atoms with van der Waals surface area (Å²) < 4.78 is 42.9. The number of fused-ring (bicyclic) bond motifs is 6. The maximum atomic E-state index is 14.8. The molecule has 14 nitrogen and oxygen atoms in total. The number of nitrogens with zero attached hydrogens (tertiary/aromatic N) is 10. The summed E-state index contributed by atoms with van der Waals surface area (Å²) in [6.07, 6.45) is 4.70. The van der Waals surface area contributed by atoms with Gasteiger partial charge in [0.2, 0.25) is 11.7 Å². The molecular formula is C33H28F2N10O4. The number of aromatic nitrogens is 8. The van der Waals surface area contributed by atoms with Gasteiger partial charge in [0, 0.05) is 44.4 Å². The van der Waals surface area contributed by atoms with E-state index in [0.29, 0.717) is 53.9 Å². The Labute approximate surface area is 276 Å². The molecule has 248 valence electrons. The molecule has 4 aromatic heterocycles. The molecule has 0 unspecified atom stereocenters. The van der Waals surface area contributed by atoms with Gasteiger partial charge in [-0.2, -0.15) is 10.1 Å². The average Bonchev–Trinajstić information content (AvgIpc) is 3.83. The fourth-order valence-electron chi connectivity index (χ4n) is 6.63. The number of aryl methyl sites for hydroxylation is 1. The lowest BCUT2D eigenvalue weighted by atomic mass is 10.1. The topological polar surface area (TPSA) is 146 Å². The van der Waals surface area contributed by atoms with E-state index in [9.17, 15) is 18.4 Å². The zero-order chi connectivity index (χ0) is 33.8. The van der Waals surface area contributed by atoms with Crippen LogP contribution < -0.4 is 9.64 Å². The highest BCUT2D eigenvalue weighted by atomic mass is 19.1. The summed E-state index contributed by atoms with van der Waals surface area (Å²) >= 11 is 0. The number of benzene rings is 2. The van der Waals surface area contributed by atoms with E-state index in [1.54, 1.807) is 28.8 Å². The van der Waals surface area contributed by atoms with Gasteiger partial charge >= 0.3 is 12.0 Å². The molecule has 49 heavy (non-hydrogen) atoms.